The number of ether oxygens (including phenoxy) is 1. The molecule has 0 unspecified atom stereocenters. The summed E-state index contributed by atoms with van der Waals surface area (Å²) in [4.78, 5) is 34.2. The van der Waals surface area contributed by atoms with E-state index < -0.39 is 5.97 Å². The van der Waals surface area contributed by atoms with Crippen LogP contribution in [0.2, 0.25) is 0 Å². The molecule has 2 rings (SSSR count). The minimum Gasteiger partial charge on any atom is -0.481 e. The van der Waals surface area contributed by atoms with Crippen molar-refractivity contribution in [3.63, 3.8) is 0 Å². The average molecular weight is 370 g/mol. The van der Waals surface area contributed by atoms with Crippen LogP contribution in [-0.4, -0.2) is 36.0 Å². The molecule has 7 heteroatoms. The molecule has 0 aliphatic rings. The lowest BCUT2D eigenvalue weighted by molar-refractivity contribution is -0.136. The number of hydrogen-bond donors (Lipinski definition) is 3. The highest BCUT2D eigenvalue weighted by molar-refractivity contribution is 5.95. The van der Waals surface area contributed by atoms with Crippen LogP contribution in [0.5, 0.6) is 0 Å². The first-order chi connectivity index (χ1) is 13.0. The van der Waals surface area contributed by atoms with Crippen LogP contribution in [0, 0.1) is 0 Å². The second-order valence-corrected chi connectivity index (χ2v) is 5.81. The molecule has 142 valence electrons. The van der Waals surface area contributed by atoms with E-state index in [1.807, 2.05) is 30.3 Å². The number of rotatable bonds is 10. The van der Waals surface area contributed by atoms with E-state index in [-0.39, 0.29) is 31.2 Å². The van der Waals surface area contributed by atoms with Crippen LogP contribution >= 0.6 is 0 Å². The summed E-state index contributed by atoms with van der Waals surface area (Å²) in [7, 11) is 0. The summed E-state index contributed by atoms with van der Waals surface area (Å²) in [6, 6.07) is 16.1. The fraction of sp³-hybridized carbons (Fsp3) is 0.250. The Morgan fingerprint density at radius 2 is 1.63 bits per heavy atom. The van der Waals surface area contributed by atoms with Gasteiger partial charge in [0.1, 0.15) is 0 Å². The third-order valence-corrected chi connectivity index (χ3v) is 3.64. The van der Waals surface area contributed by atoms with Crippen molar-refractivity contribution >= 4 is 23.5 Å². The van der Waals surface area contributed by atoms with Gasteiger partial charge in [0, 0.05) is 17.8 Å². The molecule has 0 aliphatic carbocycles. The van der Waals surface area contributed by atoms with Gasteiger partial charge in [0.05, 0.1) is 26.1 Å². The first-order valence-electron chi connectivity index (χ1n) is 8.56. The minimum atomic E-state index is -0.971. The van der Waals surface area contributed by atoms with E-state index >= 15 is 0 Å². The maximum Gasteiger partial charge on any atom is 0.305 e. The van der Waals surface area contributed by atoms with Crippen molar-refractivity contribution in [1.82, 2.24) is 5.32 Å². The standard InChI is InChI=1S/C20H22N2O5/c23-18(11-13-27-14-15-4-2-1-3-5-15)22-17-8-6-16(7-9-17)20(26)21-12-10-19(24)25/h1-9H,10-14H2,(H,21,26)(H,22,23)(H,24,25). The molecule has 3 N–H and O–H groups in total. The first-order valence-corrected chi connectivity index (χ1v) is 8.56. The zero-order valence-corrected chi connectivity index (χ0v) is 14.8. The van der Waals surface area contributed by atoms with Crippen LogP contribution < -0.4 is 10.6 Å². The second-order valence-electron chi connectivity index (χ2n) is 5.81. The Hall–Kier alpha value is -3.19. The van der Waals surface area contributed by atoms with Crippen molar-refractivity contribution < 1.29 is 24.2 Å². The lowest BCUT2D eigenvalue weighted by Crippen LogP contribution is -2.25. The number of aliphatic carboxylic acids is 1. The molecule has 7 nitrogen and oxygen atoms in total. The number of carbonyl (C=O) groups excluding carboxylic acids is 2. The summed E-state index contributed by atoms with van der Waals surface area (Å²) in [6.45, 7) is 0.834. The highest BCUT2D eigenvalue weighted by atomic mass is 16.5. The number of hydrogen-bond acceptors (Lipinski definition) is 4. The number of nitrogens with one attached hydrogen (secondary N) is 2. The minimum absolute atomic E-state index is 0.0651. The van der Waals surface area contributed by atoms with Gasteiger partial charge in [0.25, 0.3) is 5.91 Å². The fourth-order valence-corrected chi connectivity index (χ4v) is 2.24. The molecule has 2 aromatic carbocycles. The third kappa shape index (κ3) is 7.70. The summed E-state index contributed by atoms with van der Waals surface area (Å²) in [5, 5.41) is 13.8. The largest absolute Gasteiger partial charge is 0.481 e. The van der Waals surface area contributed by atoms with Crippen LogP contribution in [0.4, 0.5) is 5.69 Å². The van der Waals surface area contributed by atoms with Crippen molar-refractivity contribution in [2.75, 3.05) is 18.5 Å². The number of carboxylic acid groups (broad SMARTS) is 1. The molecule has 27 heavy (non-hydrogen) atoms. The number of carbonyl (C=O) groups is 3. The van der Waals surface area contributed by atoms with Gasteiger partial charge in [0.15, 0.2) is 0 Å². The first kappa shape index (κ1) is 20.1. The fourth-order valence-electron chi connectivity index (χ4n) is 2.24. The molecule has 0 radical (unpaired) electrons. The van der Waals surface area contributed by atoms with E-state index in [0.29, 0.717) is 24.5 Å². The molecular weight excluding hydrogens is 348 g/mol. The zero-order chi connectivity index (χ0) is 19.5. The van der Waals surface area contributed by atoms with E-state index in [1.165, 1.54) is 0 Å². The summed E-state index contributed by atoms with van der Waals surface area (Å²) < 4.78 is 5.48. The number of carboxylic acids is 1. The summed E-state index contributed by atoms with van der Waals surface area (Å²) in [6.07, 6.45) is 0.0937. The van der Waals surface area contributed by atoms with Gasteiger partial charge >= 0.3 is 5.97 Å². The molecular formula is C20H22N2O5. The Kier molecular flexibility index (Phi) is 7.99. The predicted octanol–water partition coefficient (Wildman–Crippen LogP) is 2.44. The van der Waals surface area contributed by atoms with E-state index in [2.05, 4.69) is 10.6 Å². The lowest BCUT2D eigenvalue weighted by atomic mass is 10.2. The molecule has 0 aromatic heterocycles. The van der Waals surface area contributed by atoms with Gasteiger partial charge in [-0.2, -0.15) is 0 Å². The number of benzene rings is 2. The van der Waals surface area contributed by atoms with Crippen LogP contribution in [0.15, 0.2) is 54.6 Å². The van der Waals surface area contributed by atoms with Crippen LogP contribution in [0.3, 0.4) is 0 Å². The van der Waals surface area contributed by atoms with Crippen molar-refractivity contribution in [2.24, 2.45) is 0 Å². The summed E-state index contributed by atoms with van der Waals surface area (Å²) in [5.41, 5.74) is 2.02. The van der Waals surface area contributed by atoms with Gasteiger partial charge in [-0.05, 0) is 29.8 Å². The van der Waals surface area contributed by atoms with Crippen molar-refractivity contribution in [3.8, 4) is 0 Å². The molecule has 0 saturated heterocycles. The Balaban J connectivity index is 1.69. The molecule has 0 fully saturated rings. The Morgan fingerprint density at radius 3 is 2.30 bits per heavy atom. The van der Waals surface area contributed by atoms with Gasteiger partial charge in [-0.3, -0.25) is 14.4 Å². The van der Waals surface area contributed by atoms with Crippen molar-refractivity contribution in [2.45, 2.75) is 19.4 Å². The zero-order valence-electron chi connectivity index (χ0n) is 14.8. The molecule has 0 saturated carbocycles. The number of anilines is 1. The van der Waals surface area contributed by atoms with Gasteiger partial charge in [-0.25, -0.2) is 0 Å². The highest BCUT2D eigenvalue weighted by Gasteiger charge is 2.07. The summed E-state index contributed by atoms with van der Waals surface area (Å²) >= 11 is 0. The van der Waals surface area contributed by atoms with Gasteiger partial charge < -0.3 is 20.5 Å². The quantitative estimate of drug-likeness (QED) is 0.557. The molecule has 0 heterocycles. The smallest absolute Gasteiger partial charge is 0.305 e. The van der Waals surface area contributed by atoms with Gasteiger partial charge in [-0.1, -0.05) is 30.3 Å². The molecule has 2 aromatic rings. The molecule has 2 amide bonds. The van der Waals surface area contributed by atoms with Crippen molar-refractivity contribution in [3.05, 3.63) is 65.7 Å². The average Bonchev–Trinajstić information content (AvgIpc) is 2.66. The van der Waals surface area contributed by atoms with E-state index in [4.69, 9.17) is 9.84 Å². The van der Waals surface area contributed by atoms with E-state index in [9.17, 15) is 14.4 Å². The Labute approximate surface area is 157 Å². The summed E-state index contributed by atoms with van der Waals surface area (Å²) in [5.74, 6) is -1.51. The highest BCUT2D eigenvalue weighted by Crippen LogP contribution is 2.10. The van der Waals surface area contributed by atoms with E-state index in [1.54, 1.807) is 24.3 Å². The number of amides is 2. The topological polar surface area (TPSA) is 105 Å². The van der Waals surface area contributed by atoms with Gasteiger partial charge in [0.2, 0.25) is 5.91 Å². The second kappa shape index (κ2) is 10.7. The SMILES string of the molecule is O=C(O)CCNC(=O)c1ccc(NC(=O)CCOCc2ccccc2)cc1. The van der Waals surface area contributed by atoms with Gasteiger partial charge in [-0.15, -0.1) is 0 Å². The Bertz CT molecular complexity index is 760. The lowest BCUT2D eigenvalue weighted by Gasteiger charge is -2.08. The Morgan fingerprint density at radius 1 is 0.926 bits per heavy atom. The molecule has 0 spiro atoms. The maximum atomic E-state index is 11.9. The molecule has 0 atom stereocenters. The van der Waals surface area contributed by atoms with Crippen LogP contribution in [0.25, 0.3) is 0 Å². The van der Waals surface area contributed by atoms with Crippen LogP contribution in [0.1, 0.15) is 28.8 Å². The predicted molar refractivity (Wildman–Crippen MR) is 100 cm³/mol. The molecule has 0 bridgehead atoms. The normalized spacial score (nSPS) is 10.2. The maximum absolute atomic E-state index is 11.9. The molecule has 0 aliphatic heterocycles. The monoisotopic (exact) mass is 370 g/mol. The van der Waals surface area contributed by atoms with Crippen molar-refractivity contribution in [1.29, 1.82) is 0 Å². The van der Waals surface area contributed by atoms with Crippen LogP contribution in [-0.2, 0) is 20.9 Å². The van der Waals surface area contributed by atoms with E-state index in [0.717, 1.165) is 5.56 Å². The third-order valence-electron chi connectivity index (χ3n) is 3.64.